The summed E-state index contributed by atoms with van der Waals surface area (Å²) < 4.78 is 5.03. The molecule has 7 nitrogen and oxygen atoms in total. The van der Waals surface area contributed by atoms with Crippen molar-refractivity contribution in [1.82, 2.24) is 0 Å². The second kappa shape index (κ2) is 8.25. The Hall–Kier alpha value is -2.93. The molecular formula is C17H15ClN2O5. The molecule has 0 aromatic heterocycles. The van der Waals surface area contributed by atoms with Crippen molar-refractivity contribution in [3.05, 3.63) is 68.7 Å². The van der Waals surface area contributed by atoms with E-state index in [2.05, 4.69) is 5.32 Å². The van der Waals surface area contributed by atoms with Crippen LogP contribution in [0.1, 0.15) is 34.1 Å². The van der Waals surface area contributed by atoms with E-state index in [0.717, 1.165) is 6.07 Å². The second-order valence-corrected chi connectivity index (χ2v) is 5.53. The molecule has 0 aliphatic rings. The maximum Gasteiger partial charge on any atom is 0.338 e. The number of nitro benzene ring substituents is 1. The van der Waals surface area contributed by atoms with Gasteiger partial charge in [0, 0.05) is 16.8 Å². The van der Waals surface area contributed by atoms with Gasteiger partial charge in [0.2, 0.25) is 0 Å². The van der Waals surface area contributed by atoms with E-state index in [-0.39, 0.29) is 16.1 Å². The first kappa shape index (κ1) is 18.4. The minimum absolute atomic E-state index is 0.131. The molecule has 1 amide bonds. The Morgan fingerprint density at radius 3 is 2.68 bits per heavy atom. The molecule has 0 fully saturated rings. The molecule has 25 heavy (non-hydrogen) atoms. The summed E-state index contributed by atoms with van der Waals surface area (Å²) in [4.78, 5) is 34.6. The van der Waals surface area contributed by atoms with Crippen LogP contribution in [0.25, 0.3) is 0 Å². The summed E-state index contributed by atoms with van der Waals surface area (Å²) in [7, 11) is 0. The van der Waals surface area contributed by atoms with Gasteiger partial charge in [0.25, 0.3) is 11.6 Å². The van der Waals surface area contributed by atoms with Gasteiger partial charge in [0.1, 0.15) is 5.56 Å². The predicted molar refractivity (Wildman–Crippen MR) is 93.1 cm³/mol. The lowest BCUT2D eigenvalue weighted by Gasteiger charge is -2.08. The number of carbonyl (C=O) groups is 2. The van der Waals surface area contributed by atoms with E-state index in [0.29, 0.717) is 18.7 Å². The number of amides is 1. The molecule has 0 unspecified atom stereocenters. The van der Waals surface area contributed by atoms with Crippen molar-refractivity contribution in [1.29, 1.82) is 0 Å². The van der Waals surface area contributed by atoms with E-state index in [9.17, 15) is 19.7 Å². The van der Waals surface area contributed by atoms with Gasteiger partial charge < -0.3 is 10.1 Å². The number of hydrogen-bond acceptors (Lipinski definition) is 5. The average molecular weight is 363 g/mol. The number of hydrogen-bond donors (Lipinski definition) is 1. The topological polar surface area (TPSA) is 98.5 Å². The Bertz CT molecular complexity index is 822. The summed E-state index contributed by atoms with van der Waals surface area (Å²) >= 11 is 5.74. The highest BCUT2D eigenvalue weighted by atomic mass is 35.5. The highest BCUT2D eigenvalue weighted by Gasteiger charge is 2.21. The van der Waals surface area contributed by atoms with Crippen molar-refractivity contribution in [3.8, 4) is 0 Å². The Morgan fingerprint density at radius 2 is 2.00 bits per heavy atom. The van der Waals surface area contributed by atoms with Gasteiger partial charge in [-0.25, -0.2) is 4.79 Å². The standard InChI is InChI=1S/C17H15ClN2O5/c1-2-8-25-17(22)11-4-3-5-13(9-11)19-16(21)14-7-6-12(18)10-15(14)20(23)24/h3-7,9-10H,2,8H2,1H3,(H,19,21). The third-order valence-electron chi connectivity index (χ3n) is 3.19. The molecule has 0 spiro atoms. The van der Waals surface area contributed by atoms with Crippen LogP contribution in [0.15, 0.2) is 42.5 Å². The highest BCUT2D eigenvalue weighted by molar-refractivity contribution is 6.31. The molecule has 2 rings (SSSR count). The molecule has 2 aromatic rings. The predicted octanol–water partition coefficient (Wildman–Crippen LogP) is 4.07. The van der Waals surface area contributed by atoms with Crippen LogP contribution in [-0.2, 0) is 4.74 Å². The van der Waals surface area contributed by atoms with Gasteiger partial charge in [-0.2, -0.15) is 0 Å². The molecule has 0 atom stereocenters. The molecular weight excluding hydrogens is 348 g/mol. The van der Waals surface area contributed by atoms with Gasteiger partial charge in [-0.15, -0.1) is 0 Å². The van der Waals surface area contributed by atoms with E-state index in [1.807, 2.05) is 6.92 Å². The first-order chi connectivity index (χ1) is 11.9. The number of ether oxygens (including phenoxy) is 1. The molecule has 0 bridgehead atoms. The zero-order valence-corrected chi connectivity index (χ0v) is 14.1. The Labute approximate surface area is 148 Å². The minimum Gasteiger partial charge on any atom is -0.462 e. The van der Waals surface area contributed by atoms with Gasteiger partial charge in [0.15, 0.2) is 0 Å². The van der Waals surface area contributed by atoms with Crippen LogP contribution in [-0.4, -0.2) is 23.4 Å². The van der Waals surface area contributed by atoms with Crippen LogP contribution < -0.4 is 5.32 Å². The first-order valence-corrected chi connectivity index (χ1v) is 7.82. The summed E-state index contributed by atoms with van der Waals surface area (Å²) in [5.74, 6) is -1.18. The van der Waals surface area contributed by atoms with Crippen LogP contribution in [0.5, 0.6) is 0 Å². The Morgan fingerprint density at radius 1 is 1.24 bits per heavy atom. The number of anilines is 1. The first-order valence-electron chi connectivity index (χ1n) is 7.45. The maximum absolute atomic E-state index is 12.3. The molecule has 2 aromatic carbocycles. The van der Waals surface area contributed by atoms with Crippen molar-refractivity contribution >= 4 is 34.9 Å². The lowest BCUT2D eigenvalue weighted by molar-refractivity contribution is -0.385. The zero-order valence-electron chi connectivity index (χ0n) is 13.3. The normalized spacial score (nSPS) is 10.2. The molecule has 0 aliphatic carbocycles. The van der Waals surface area contributed by atoms with Crippen LogP contribution in [0.4, 0.5) is 11.4 Å². The fraction of sp³-hybridized carbons (Fsp3) is 0.176. The van der Waals surface area contributed by atoms with Gasteiger partial charge in [-0.3, -0.25) is 14.9 Å². The summed E-state index contributed by atoms with van der Waals surface area (Å²) in [6.07, 6.45) is 0.697. The summed E-state index contributed by atoms with van der Waals surface area (Å²) in [5.41, 5.74) is 0.0638. The Kier molecular flexibility index (Phi) is 6.08. The molecule has 8 heteroatoms. The minimum atomic E-state index is -0.681. The van der Waals surface area contributed by atoms with Crippen molar-refractivity contribution in [2.24, 2.45) is 0 Å². The molecule has 1 N–H and O–H groups in total. The fourth-order valence-electron chi connectivity index (χ4n) is 2.05. The third kappa shape index (κ3) is 4.77. The number of benzene rings is 2. The van der Waals surface area contributed by atoms with Gasteiger partial charge in [-0.05, 0) is 36.8 Å². The quantitative estimate of drug-likeness (QED) is 0.474. The molecule has 0 saturated heterocycles. The number of halogens is 1. The summed E-state index contributed by atoms with van der Waals surface area (Å²) in [6.45, 7) is 2.18. The van der Waals surface area contributed by atoms with Gasteiger partial charge in [-0.1, -0.05) is 24.6 Å². The van der Waals surface area contributed by atoms with Crippen molar-refractivity contribution in [2.75, 3.05) is 11.9 Å². The van der Waals surface area contributed by atoms with E-state index in [1.165, 1.54) is 18.2 Å². The second-order valence-electron chi connectivity index (χ2n) is 5.09. The van der Waals surface area contributed by atoms with E-state index in [1.54, 1.807) is 18.2 Å². The number of carbonyl (C=O) groups excluding carboxylic acids is 2. The smallest absolute Gasteiger partial charge is 0.338 e. The number of nitrogens with zero attached hydrogens (tertiary/aromatic N) is 1. The Balaban J connectivity index is 2.21. The molecule has 0 aliphatic heterocycles. The molecule has 0 saturated carbocycles. The number of esters is 1. The van der Waals surface area contributed by atoms with Crippen LogP contribution in [0, 0.1) is 10.1 Å². The fourth-order valence-corrected chi connectivity index (χ4v) is 2.21. The number of nitrogens with one attached hydrogen (secondary N) is 1. The molecule has 130 valence electrons. The lowest BCUT2D eigenvalue weighted by atomic mass is 10.1. The van der Waals surface area contributed by atoms with Crippen molar-refractivity contribution in [3.63, 3.8) is 0 Å². The monoisotopic (exact) mass is 362 g/mol. The summed E-state index contributed by atoms with van der Waals surface area (Å²) in [6, 6.07) is 9.91. The van der Waals surface area contributed by atoms with Gasteiger partial charge in [0.05, 0.1) is 17.1 Å². The van der Waals surface area contributed by atoms with E-state index >= 15 is 0 Å². The average Bonchev–Trinajstić information content (AvgIpc) is 2.59. The largest absolute Gasteiger partial charge is 0.462 e. The number of nitro groups is 1. The summed E-state index contributed by atoms with van der Waals surface area (Å²) in [5, 5.41) is 13.8. The van der Waals surface area contributed by atoms with E-state index < -0.39 is 22.5 Å². The van der Waals surface area contributed by atoms with Crippen LogP contribution in [0.2, 0.25) is 5.02 Å². The van der Waals surface area contributed by atoms with Crippen molar-refractivity contribution < 1.29 is 19.2 Å². The third-order valence-corrected chi connectivity index (χ3v) is 3.43. The van der Waals surface area contributed by atoms with Crippen molar-refractivity contribution in [2.45, 2.75) is 13.3 Å². The highest BCUT2D eigenvalue weighted by Crippen LogP contribution is 2.24. The lowest BCUT2D eigenvalue weighted by Crippen LogP contribution is -2.14. The molecule has 0 heterocycles. The van der Waals surface area contributed by atoms with Crippen LogP contribution >= 0.6 is 11.6 Å². The van der Waals surface area contributed by atoms with Crippen LogP contribution in [0.3, 0.4) is 0 Å². The van der Waals surface area contributed by atoms with Gasteiger partial charge >= 0.3 is 5.97 Å². The number of rotatable bonds is 6. The maximum atomic E-state index is 12.3. The zero-order chi connectivity index (χ0) is 18.4. The van der Waals surface area contributed by atoms with E-state index in [4.69, 9.17) is 16.3 Å². The SMILES string of the molecule is CCCOC(=O)c1cccc(NC(=O)c2ccc(Cl)cc2[N+](=O)[O-])c1. The molecule has 0 radical (unpaired) electrons.